The van der Waals surface area contributed by atoms with Crippen LogP contribution < -0.4 is 20.1 Å². The Kier molecular flexibility index (Phi) is 7.29. The van der Waals surface area contributed by atoms with E-state index in [-0.39, 0.29) is 14.8 Å². The number of hydrogen-bond donors (Lipinski definition) is 1. The number of halogens is 2. The molecule has 186 valence electrons. The Morgan fingerprint density at radius 1 is 0.974 bits per heavy atom. The Bertz CT molecular complexity index is 1880. The molecule has 1 N–H and O–H groups in total. The lowest BCUT2D eigenvalue weighted by Gasteiger charge is -2.06. The number of nitriles is 1. The summed E-state index contributed by atoms with van der Waals surface area (Å²) < 4.78 is 7.77. The number of para-hydroxylation sites is 1. The minimum Gasteiger partial charge on any atom is -0.457 e. The molecule has 2 aromatic heterocycles. The van der Waals surface area contributed by atoms with Crippen molar-refractivity contribution in [3.63, 3.8) is 0 Å². The molecule has 0 aliphatic heterocycles. The summed E-state index contributed by atoms with van der Waals surface area (Å²) in [5.74, 6) is 0.311. The van der Waals surface area contributed by atoms with Crippen LogP contribution in [0.2, 0.25) is 10.0 Å². The molecular weight excluding hydrogens is 541 g/mol. The topological polar surface area (TPSA) is 88.0 Å². The molecule has 6 nitrogen and oxygen atoms in total. The lowest BCUT2D eigenvalue weighted by Crippen LogP contribution is -2.32. The molecule has 0 atom stereocenters. The molecule has 5 rings (SSSR count). The highest BCUT2D eigenvalue weighted by atomic mass is 35.5. The number of nitrogens with one attached hydrogen (secondary N) is 1. The normalized spacial score (nSPS) is 12.2. The third-order valence-corrected chi connectivity index (χ3v) is 7.17. The molecule has 0 bridgehead atoms. The zero-order valence-electron chi connectivity index (χ0n) is 19.5. The second-order valence-electron chi connectivity index (χ2n) is 8.03. The van der Waals surface area contributed by atoms with Gasteiger partial charge in [-0.05, 0) is 54.6 Å². The predicted molar refractivity (Wildman–Crippen MR) is 151 cm³/mol. The van der Waals surface area contributed by atoms with Gasteiger partial charge in [-0.25, -0.2) is 0 Å². The Morgan fingerprint density at radius 2 is 1.74 bits per heavy atom. The summed E-state index contributed by atoms with van der Waals surface area (Å²) in [7, 11) is 0. The number of thiazole rings is 1. The summed E-state index contributed by atoms with van der Waals surface area (Å²) in [5.41, 5.74) is 1.06. The second kappa shape index (κ2) is 11.0. The van der Waals surface area contributed by atoms with E-state index in [4.69, 9.17) is 27.6 Å². The number of anilines is 1. The fourth-order valence-electron chi connectivity index (χ4n) is 3.78. The van der Waals surface area contributed by atoms with Crippen LogP contribution in [0.3, 0.4) is 0 Å². The van der Waals surface area contributed by atoms with Crippen LogP contribution in [-0.4, -0.2) is 10.5 Å². The van der Waals surface area contributed by atoms with E-state index in [0.29, 0.717) is 32.9 Å². The molecule has 0 spiro atoms. The molecule has 9 heteroatoms. The number of hydrogen-bond acceptors (Lipinski definition) is 5. The molecule has 0 saturated heterocycles. The summed E-state index contributed by atoms with van der Waals surface area (Å²) >= 11 is 13.3. The van der Waals surface area contributed by atoms with E-state index < -0.39 is 11.5 Å². The highest BCUT2D eigenvalue weighted by Gasteiger charge is 2.18. The van der Waals surface area contributed by atoms with Crippen molar-refractivity contribution in [3.05, 3.63) is 126 Å². The Balaban J connectivity index is 1.67. The molecule has 1 amide bonds. The standard InChI is InChI=1S/C29H17Cl2N3O3S/c30-18-7-6-8-19(15-18)33-27(35)23(17-32)29-34(20-9-2-1-3-10-20)28(36)26(38-29)16-21-13-14-25(37-21)22-11-4-5-12-24(22)31/h1-16H,(H,33,35)/b26-16-,29-23-. The number of carbonyl (C=O) groups excluding carboxylic acids is 1. The lowest BCUT2D eigenvalue weighted by atomic mass is 10.2. The summed E-state index contributed by atoms with van der Waals surface area (Å²) in [6.07, 6.45) is 1.58. The van der Waals surface area contributed by atoms with Crippen LogP contribution in [-0.2, 0) is 4.79 Å². The number of rotatable bonds is 5. The van der Waals surface area contributed by atoms with E-state index in [9.17, 15) is 14.9 Å². The highest BCUT2D eigenvalue weighted by molar-refractivity contribution is 7.07. The van der Waals surface area contributed by atoms with E-state index in [1.165, 1.54) is 4.57 Å². The Labute approximate surface area is 230 Å². The summed E-state index contributed by atoms with van der Waals surface area (Å²) in [6.45, 7) is 0. The van der Waals surface area contributed by atoms with Gasteiger partial charge in [-0.2, -0.15) is 5.26 Å². The van der Waals surface area contributed by atoms with Crippen molar-refractivity contribution in [2.75, 3.05) is 5.32 Å². The van der Waals surface area contributed by atoms with Crippen molar-refractivity contribution in [3.8, 4) is 23.1 Å². The average Bonchev–Trinajstić information content (AvgIpc) is 3.50. The van der Waals surface area contributed by atoms with Crippen LogP contribution in [0.25, 0.3) is 28.7 Å². The fraction of sp³-hybridized carbons (Fsp3) is 0. The predicted octanol–water partition coefficient (Wildman–Crippen LogP) is 5.61. The Hall–Kier alpha value is -4.35. The van der Waals surface area contributed by atoms with Crippen LogP contribution in [0.4, 0.5) is 5.69 Å². The van der Waals surface area contributed by atoms with Gasteiger partial charge in [-0.1, -0.05) is 59.6 Å². The lowest BCUT2D eigenvalue weighted by molar-refractivity contribution is -0.111. The van der Waals surface area contributed by atoms with Crippen molar-refractivity contribution in [2.24, 2.45) is 0 Å². The van der Waals surface area contributed by atoms with Gasteiger partial charge in [0.1, 0.15) is 22.3 Å². The monoisotopic (exact) mass is 557 g/mol. The molecular formula is C29H17Cl2N3O3S. The van der Waals surface area contributed by atoms with E-state index in [0.717, 1.165) is 16.9 Å². The van der Waals surface area contributed by atoms with Gasteiger partial charge in [0.2, 0.25) is 0 Å². The largest absolute Gasteiger partial charge is 0.457 e. The van der Waals surface area contributed by atoms with Crippen molar-refractivity contribution in [2.45, 2.75) is 0 Å². The highest BCUT2D eigenvalue weighted by Crippen LogP contribution is 2.29. The third-order valence-electron chi connectivity index (χ3n) is 5.51. The van der Waals surface area contributed by atoms with Gasteiger partial charge in [0.15, 0.2) is 5.57 Å². The molecule has 38 heavy (non-hydrogen) atoms. The van der Waals surface area contributed by atoms with Crippen LogP contribution in [0.5, 0.6) is 0 Å². The first-order valence-electron chi connectivity index (χ1n) is 11.3. The first-order chi connectivity index (χ1) is 18.4. The van der Waals surface area contributed by atoms with Crippen molar-refractivity contribution < 1.29 is 9.21 Å². The van der Waals surface area contributed by atoms with Gasteiger partial charge in [-0.15, -0.1) is 11.3 Å². The molecule has 0 unspecified atom stereocenters. The van der Waals surface area contributed by atoms with Crippen molar-refractivity contribution >= 4 is 57.8 Å². The number of nitrogens with zero attached hydrogens (tertiary/aromatic N) is 2. The SMILES string of the molecule is N#C/C(C(=O)Nc1cccc(Cl)c1)=c1/s/c(=C\c2ccc(-c3ccccc3Cl)o2)c(=O)n1-c1ccccc1. The Morgan fingerprint density at radius 3 is 2.47 bits per heavy atom. The molecule has 2 heterocycles. The molecule has 0 aliphatic rings. The molecule has 5 aromatic rings. The van der Waals surface area contributed by atoms with E-state index in [1.54, 1.807) is 72.8 Å². The smallest absolute Gasteiger partial charge is 0.273 e. The first-order valence-corrected chi connectivity index (χ1v) is 12.9. The van der Waals surface area contributed by atoms with E-state index >= 15 is 0 Å². The van der Waals surface area contributed by atoms with Gasteiger partial charge >= 0.3 is 0 Å². The minimum absolute atomic E-state index is 0.187. The molecule has 0 aliphatic carbocycles. The average molecular weight is 558 g/mol. The van der Waals surface area contributed by atoms with E-state index in [1.807, 2.05) is 30.3 Å². The summed E-state index contributed by atoms with van der Waals surface area (Å²) in [5, 5.41) is 13.6. The van der Waals surface area contributed by atoms with Crippen LogP contribution in [0.1, 0.15) is 5.76 Å². The van der Waals surface area contributed by atoms with Crippen molar-refractivity contribution in [1.82, 2.24) is 4.57 Å². The third kappa shape index (κ3) is 5.20. The maximum atomic E-state index is 13.6. The number of furan rings is 1. The quantitative estimate of drug-likeness (QED) is 0.304. The second-order valence-corrected chi connectivity index (χ2v) is 9.90. The van der Waals surface area contributed by atoms with Gasteiger partial charge in [0.05, 0.1) is 15.2 Å². The van der Waals surface area contributed by atoms with Crippen molar-refractivity contribution in [1.29, 1.82) is 5.26 Å². The molecule has 3 aromatic carbocycles. The maximum absolute atomic E-state index is 13.6. The zero-order chi connectivity index (χ0) is 26.6. The summed E-state index contributed by atoms with van der Waals surface area (Å²) in [4.78, 5) is 26.7. The number of amides is 1. The number of carbonyl (C=O) groups is 1. The molecule has 0 radical (unpaired) electrons. The minimum atomic E-state index is -0.661. The van der Waals surface area contributed by atoms with Gasteiger partial charge in [0.25, 0.3) is 11.5 Å². The molecule has 0 saturated carbocycles. The maximum Gasteiger partial charge on any atom is 0.273 e. The van der Waals surface area contributed by atoms with Gasteiger partial charge < -0.3 is 9.73 Å². The van der Waals surface area contributed by atoms with E-state index in [2.05, 4.69) is 5.32 Å². The van der Waals surface area contributed by atoms with Crippen LogP contribution >= 0.6 is 34.5 Å². The molecule has 0 fully saturated rings. The number of benzene rings is 3. The summed E-state index contributed by atoms with van der Waals surface area (Å²) in [6, 6.07) is 28.1. The zero-order valence-corrected chi connectivity index (χ0v) is 21.8. The van der Waals surface area contributed by atoms with Crippen LogP contribution in [0, 0.1) is 11.3 Å². The van der Waals surface area contributed by atoms with Gasteiger partial charge in [-0.3, -0.25) is 14.2 Å². The van der Waals surface area contributed by atoms with Gasteiger partial charge in [0, 0.05) is 22.3 Å². The number of aromatic nitrogens is 1. The first kappa shape index (κ1) is 25.3. The van der Waals surface area contributed by atoms with Crippen LogP contribution in [0.15, 0.2) is 100 Å². The fourth-order valence-corrected chi connectivity index (χ4v) is 5.28.